The number of hydrogen-bond donors (Lipinski definition) is 1. The zero-order valence-corrected chi connectivity index (χ0v) is 20.0. The van der Waals surface area contributed by atoms with Crippen molar-refractivity contribution < 1.29 is 4.79 Å². The number of benzene rings is 2. The number of carbonyl (C=O) groups excluding carboxylic acids is 1. The van der Waals surface area contributed by atoms with Gasteiger partial charge < -0.3 is 15.2 Å². The van der Waals surface area contributed by atoms with Crippen molar-refractivity contribution in [2.75, 3.05) is 13.1 Å². The number of carbonyl (C=O) groups is 1. The molecule has 6 nitrogen and oxygen atoms in total. The summed E-state index contributed by atoms with van der Waals surface area (Å²) in [5, 5.41) is 0. The molecule has 4 aromatic rings. The van der Waals surface area contributed by atoms with Crippen LogP contribution >= 0.6 is 0 Å². The number of nitrogens with two attached hydrogens (primary N) is 1. The second-order valence-electron chi connectivity index (χ2n) is 8.88. The lowest BCUT2D eigenvalue weighted by atomic mass is 9.96. The number of hydrogen-bond acceptors (Lipinski definition) is 4. The fourth-order valence-corrected chi connectivity index (χ4v) is 4.53. The molecule has 1 amide bonds. The lowest BCUT2D eigenvalue weighted by Crippen LogP contribution is -2.38. The number of pyridine rings is 1. The summed E-state index contributed by atoms with van der Waals surface area (Å²) < 4.78 is 2.28. The third-order valence-electron chi connectivity index (χ3n) is 6.56. The number of aromatic nitrogens is 3. The summed E-state index contributed by atoms with van der Waals surface area (Å²) in [7, 11) is 0. The third-order valence-corrected chi connectivity index (χ3v) is 6.56. The molecule has 1 aliphatic heterocycles. The molecule has 0 bridgehead atoms. The van der Waals surface area contributed by atoms with E-state index in [2.05, 4.69) is 38.8 Å². The van der Waals surface area contributed by atoms with Crippen LogP contribution < -0.4 is 5.73 Å². The normalized spacial score (nSPS) is 14.2. The predicted octanol–water partition coefficient (Wildman–Crippen LogP) is 4.73. The number of aryl methyl sites for hydroxylation is 1. The first-order valence-electron chi connectivity index (χ1n) is 11.9. The Labute approximate surface area is 201 Å². The van der Waals surface area contributed by atoms with Crippen LogP contribution in [0.1, 0.15) is 42.8 Å². The second kappa shape index (κ2) is 11.1. The van der Waals surface area contributed by atoms with Gasteiger partial charge in [-0.2, -0.15) is 0 Å². The maximum absolute atomic E-state index is 11.4. The van der Waals surface area contributed by atoms with Crippen LogP contribution in [0.3, 0.4) is 0 Å². The summed E-state index contributed by atoms with van der Waals surface area (Å²) in [6.07, 6.45) is 5.78. The average Bonchev–Trinajstić information content (AvgIpc) is 3.20. The summed E-state index contributed by atoms with van der Waals surface area (Å²) in [4.78, 5) is 22.0. The highest BCUT2D eigenvalue weighted by molar-refractivity contribution is 5.74. The van der Waals surface area contributed by atoms with E-state index in [-0.39, 0.29) is 11.9 Å². The standard InChI is InChI=1S/C15H20N4O.C13H13N/c1-11-17-14-9-16-6-3-15(14)19(11)10-13-4-7-18(8-5-13)12(2)20;14-13(11-7-3-1-4-8-11)12-9-5-2-6-10-12/h3,6,9,13H,4-5,7-8,10H2,1-2H3;1-10,13H,14H2. The molecule has 0 radical (unpaired) electrons. The molecule has 1 saturated heterocycles. The van der Waals surface area contributed by atoms with Crippen LogP contribution in [0.2, 0.25) is 0 Å². The summed E-state index contributed by atoms with van der Waals surface area (Å²) >= 11 is 0. The van der Waals surface area contributed by atoms with Gasteiger partial charge in [-0.3, -0.25) is 9.78 Å². The Balaban J connectivity index is 0.000000172. The zero-order chi connectivity index (χ0) is 23.9. The Hall–Kier alpha value is -3.51. The molecule has 1 aliphatic rings. The fraction of sp³-hybridized carbons (Fsp3) is 0.321. The molecule has 2 aromatic heterocycles. The van der Waals surface area contributed by atoms with Gasteiger partial charge in [0.1, 0.15) is 11.3 Å². The van der Waals surface area contributed by atoms with E-state index < -0.39 is 0 Å². The highest BCUT2D eigenvalue weighted by atomic mass is 16.2. The monoisotopic (exact) mass is 455 g/mol. The molecular weight excluding hydrogens is 422 g/mol. The van der Waals surface area contributed by atoms with E-state index in [4.69, 9.17) is 5.73 Å². The Bertz CT molecular complexity index is 1160. The molecule has 176 valence electrons. The first kappa shape index (κ1) is 23.6. The summed E-state index contributed by atoms with van der Waals surface area (Å²) in [5.41, 5.74) is 10.5. The maximum Gasteiger partial charge on any atom is 0.219 e. The van der Waals surface area contributed by atoms with Gasteiger partial charge in [0.2, 0.25) is 5.91 Å². The van der Waals surface area contributed by atoms with Crippen LogP contribution in [-0.4, -0.2) is 38.4 Å². The highest BCUT2D eigenvalue weighted by Gasteiger charge is 2.22. The van der Waals surface area contributed by atoms with Crippen LogP contribution in [0.5, 0.6) is 0 Å². The fourth-order valence-electron chi connectivity index (χ4n) is 4.53. The SMILES string of the molecule is CC(=O)N1CCC(Cn2c(C)nc3cnccc32)CC1.NC(c1ccccc1)c1ccccc1. The second-order valence-corrected chi connectivity index (χ2v) is 8.88. The smallest absolute Gasteiger partial charge is 0.219 e. The Kier molecular flexibility index (Phi) is 7.70. The van der Waals surface area contributed by atoms with Gasteiger partial charge in [0.15, 0.2) is 0 Å². The number of imidazole rings is 1. The molecule has 1 fully saturated rings. The zero-order valence-electron chi connectivity index (χ0n) is 20.0. The van der Waals surface area contributed by atoms with E-state index >= 15 is 0 Å². The topological polar surface area (TPSA) is 77.0 Å². The van der Waals surface area contributed by atoms with Gasteiger partial charge in [-0.05, 0) is 42.9 Å². The Morgan fingerprint density at radius 3 is 2.15 bits per heavy atom. The molecule has 0 saturated carbocycles. The highest BCUT2D eigenvalue weighted by Crippen LogP contribution is 2.23. The number of amides is 1. The van der Waals surface area contributed by atoms with Crippen LogP contribution in [-0.2, 0) is 11.3 Å². The summed E-state index contributed by atoms with van der Waals surface area (Å²) in [5.74, 6) is 1.86. The minimum atomic E-state index is -0.0163. The molecule has 0 unspecified atom stereocenters. The minimum Gasteiger partial charge on any atom is -0.343 e. The van der Waals surface area contributed by atoms with Crippen molar-refractivity contribution in [3.05, 3.63) is 96.1 Å². The molecule has 0 atom stereocenters. The van der Waals surface area contributed by atoms with Crippen molar-refractivity contribution in [1.29, 1.82) is 0 Å². The number of likely N-dealkylation sites (tertiary alicyclic amines) is 1. The molecule has 5 rings (SSSR count). The van der Waals surface area contributed by atoms with Crippen LogP contribution in [0.4, 0.5) is 0 Å². The third kappa shape index (κ3) is 5.69. The van der Waals surface area contributed by atoms with Crippen molar-refractivity contribution in [3.63, 3.8) is 0 Å². The largest absolute Gasteiger partial charge is 0.343 e. The van der Waals surface area contributed by atoms with Gasteiger partial charge in [-0.25, -0.2) is 4.98 Å². The van der Waals surface area contributed by atoms with Gasteiger partial charge in [0.05, 0.1) is 17.8 Å². The molecular formula is C28H33N5O. The molecule has 0 aliphatic carbocycles. The number of fused-ring (bicyclic) bond motifs is 1. The predicted molar refractivity (Wildman–Crippen MR) is 136 cm³/mol. The quantitative estimate of drug-likeness (QED) is 0.482. The van der Waals surface area contributed by atoms with Crippen LogP contribution in [0, 0.1) is 12.8 Å². The van der Waals surface area contributed by atoms with Crippen molar-refractivity contribution >= 4 is 16.9 Å². The van der Waals surface area contributed by atoms with E-state index in [0.717, 1.165) is 60.5 Å². The van der Waals surface area contributed by atoms with Gasteiger partial charge in [0, 0.05) is 32.8 Å². The summed E-state index contributed by atoms with van der Waals surface area (Å²) in [6.45, 7) is 6.45. The van der Waals surface area contributed by atoms with Crippen molar-refractivity contribution in [2.45, 2.75) is 39.3 Å². The van der Waals surface area contributed by atoms with E-state index in [1.165, 1.54) is 0 Å². The Morgan fingerprint density at radius 1 is 1.00 bits per heavy atom. The Morgan fingerprint density at radius 2 is 1.59 bits per heavy atom. The molecule has 2 aromatic carbocycles. The lowest BCUT2D eigenvalue weighted by molar-refractivity contribution is -0.130. The van der Waals surface area contributed by atoms with Crippen molar-refractivity contribution in [2.24, 2.45) is 11.7 Å². The molecule has 0 spiro atoms. The number of piperidine rings is 1. The van der Waals surface area contributed by atoms with E-state index in [0.29, 0.717) is 5.92 Å². The van der Waals surface area contributed by atoms with Gasteiger partial charge in [-0.1, -0.05) is 60.7 Å². The van der Waals surface area contributed by atoms with Gasteiger partial charge in [0.25, 0.3) is 0 Å². The van der Waals surface area contributed by atoms with Crippen molar-refractivity contribution in [1.82, 2.24) is 19.4 Å². The van der Waals surface area contributed by atoms with Gasteiger partial charge >= 0.3 is 0 Å². The first-order chi connectivity index (χ1) is 16.5. The minimum absolute atomic E-state index is 0.0163. The maximum atomic E-state index is 11.4. The average molecular weight is 456 g/mol. The summed E-state index contributed by atoms with van der Waals surface area (Å²) in [6, 6.07) is 22.3. The van der Waals surface area contributed by atoms with E-state index in [1.54, 1.807) is 6.92 Å². The van der Waals surface area contributed by atoms with Crippen LogP contribution in [0.15, 0.2) is 79.1 Å². The molecule has 6 heteroatoms. The molecule has 3 heterocycles. The van der Waals surface area contributed by atoms with Crippen LogP contribution in [0.25, 0.3) is 11.0 Å². The first-order valence-corrected chi connectivity index (χ1v) is 11.9. The molecule has 2 N–H and O–H groups in total. The van der Waals surface area contributed by atoms with Crippen molar-refractivity contribution in [3.8, 4) is 0 Å². The van der Waals surface area contributed by atoms with E-state index in [1.807, 2.05) is 66.7 Å². The van der Waals surface area contributed by atoms with Gasteiger partial charge in [-0.15, -0.1) is 0 Å². The van der Waals surface area contributed by atoms with E-state index in [9.17, 15) is 4.79 Å². The number of nitrogens with zero attached hydrogens (tertiary/aromatic N) is 4. The molecule has 34 heavy (non-hydrogen) atoms. The lowest BCUT2D eigenvalue weighted by Gasteiger charge is -2.31. The number of rotatable bonds is 4.